The van der Waals surface area contributed by atoms with Gasteiger partial charge in [0.1, 0.15) is 41.1 Å². The molecule has 0 radical (unpaired) electrons. The van der Waals surface area contributed by atoms with Crippen molar-refractivity contribution in [3.8, 4) is 11.3 Å². The van der Waals surface area contributed by atoms with E-state index in [1.165, 1.54) is 9.80 Å². The standard InChI is InChI=1S/C46H48N6O9/c1-46(2,3)61-45(59)50-39(30-14-8-5-9-15-30)43(56)52-25-11-17-35(52)41(54)48-33-22-23-36-31(26-33)27-37(60-36)28-18-20-32(21-19-28)47-40(53)34-16-10-24-51(34)42(55)38(49-44(57)58)29-12-6-4-7-13-29/h4-9,12-15,18-23,26-27,34-35,38-39,49H,10-11,16-17,24-25H2,1-3H3,(H,47,53)(H,48,54)(H,50,59)(H,57,58)/t34-,35-,38+,39+/m0/s1. The highest BCUT2D eigenvalue weighted by Gasteiger charge is 2.40. The number of ether oxygens (including phenoxy) is 1. The van der Waals surface area contributed by atoms with Gasteiger partial charge in [0.25, 0.3) is 11.8 Å². The number of anilines is 2. The van der Waals surface area contributed by atoms with Gasteiger partial charge < -0.3 is 45.3 Å². The van der Waals surface area contributed by atoms with Gasteiger partial charge >= 0.3 is 12.2 Å². The average Bonchev–Trinajstić information content (AvgIpc) is 4.02. The predicted octanol–water partition coefficient (Wildman–Crippen LogP) is 7.23. The van der Waals surface area contributed by atoms with Crippen LogP contribution in [0.4, 0.5) is 21.0 Å². The van der Waals surface area contributed by atoms with Crippen molar-refractivity contribution >= 4 is 58.2 Å². The number of alkyl carbamates (subject to hydrolysis) is 1. The molecule has 6 amide bonds. The van der Waals surface area contributed by atoms with Crippen LogP contribution in [-0.2, 0) is 23.9 Å². The maximum absolute atomic E-state index is 14.0. The Morgan fingerprint density at radius 2 is 1.18 bits per heavy atom. The first-order valence-corrected chi connectivity index (χ1v) is 20.2. The lowest BCUT2D eigenvalue weighted by Crippen LogP contribution is -2.49. The van der Waals surface area contributed by atoms with E-state index < -0.39 is 53.8 Å². The third kappa shape index (κ3) is 10.0. The molecule has 0 aliphatic carbocycles. The summed E-state index contributed by atoms with van der Waals surface area (Å²) in [4.78, 5) is 82.1. The van der Waals surface area contributed by atoms with Crippen molar-refractivity contribution in [2.45, 2.75) is 76.2 Å². The zero-order valence-electron chi connectivity index (χ0n) is 34.1. The SMILES string of the molecule is CC(C)(C)OC(=O)N[C@@H](C(=O)N1CCC[C@H]1C(=O)Nc1ccc2oc(-c3ccc(NC(=O)[C@@H]4CCCN4C(=O)[C@H](NC(=O)O)c4ccccc4)cc3)cc2c1)c1ccccc1. The Hall–Kier alpha value is -7.16. The summed E-state index contributed by atoms with van der Waals surface area (Å²) in [6, 6.07) is 27.8. The Kier molecular flexibility index (Phi) is 12.4. The Morgan fingerprint density at radius 3 is 1.70 bits per heavy atom. The maximum Gasteiger partial charge on any atom is 0.408 e. The second kappa shape index (κ2) is 18.0. The minimum absolute atomic E-state index is 0.320. The van der Waals surface area contributed by atoms with E-state index in [1.54, 1.807) is 118 Å². The number of amides is 6. The summed E-state index contributed by atoms with van der Waals surface area (Å²) in [6.45, 7) is 5.89. The van der Waals surface area contributed by atoms with Gasteiger partial charge in [-0.2, -0.15) is 0 Å². The van der Waals surface area contributed by atoms with Gasteiger partial charge in [0, 0.05) is 35.4 Å². The van der Waals surface area contributed by atoms with E-state index in [2.05, 4.69) is 21.3 Å². The number of carboxylic acid groups (broad SMARTS) is 1. The topological polar surface area (TPSA) is 200 Å². The number of rotatable bonds is 11. The molecule has 4 atom stereocenters. The molecule has 316 valence electrons. The van der Waals surface area contributed by atoms with E-state index in [9.17, 15) is 33.9 Å². The van der Waals surface area contributed by atoms with Gasteiger partial charge in [0.05, 0.1) is 0 Å². The van der Waals surface area contributed by atoms with Crippen LogP contribution in [-0.4, -0.2) is 81.5 Å². The largest absolute Gasteiger partial charge is 0.465 e. The number of hydrogen-bond acceptors (Lipinski definition) is 8. The second-order valence-corrected chi connectivity index (χ2v) is 16.1. The van der Waals surface area contributed by atoms with Crippen LogP contribution in [0.5, 0.6) is 0 Å². The van der Waals surface area contributed by atoms with Gasteiger partial charge in [-0.1, -0.05) is 60.7 Å². The van der Waals surface area contributed by atoms with Crippen LogP contribution in [0.25, 0.3) is 22.3 Å². The van der Waals surface area contributed by atoms with E-state index in [-0.39, 0.29) is 11.8 Å². The lowest BCUT2D eigenvalue weighted by Gasteiger charge is -2.29. The first kappa shape index (κ1) is 42.0. The van der Waals surface area contributed by atoms with Crippen molar-refractivity contribution < 1.29 is 43.0 Å². The van der Waals surface area contributed by atoms with E-state index >= 15 is 0 Å². The number of fused-ring (bicyclic) bond motifs is 1. The van der Waals surface area contributed by atoms with Crippen molar-refractivity contribution in [1.29, 1.82) is 0 Å². The number of nitrogens with one attached hydrogen (secondary N) is 4. The molecule has 2 aliphatic rings. The number of likely N-dealkylation sites (tertiary alicyclic amines) is 2. The first-order chi connectivity index (χ1) is 29.2. The molecule has 0 bridgehead atoms. The zero-order chi connectivity index (χ0) is 43.3. The summed E-state index contributed by atoms with van der Waals surface area (Å²) >= 11 is 0. The predicted molar refractivity (Wildman–Crippen MR) is 227 cm³/mol. The maximum atomic E-state index is 14.0. The molecule has 5 aromatic rings. The summed E-state index contributed by atoms with van der Waals surface area (Å²) in [5.41, 5.74) is 2.62. The highest BCUT2D eigenvalue weighted by molar-refractivity contribution is 6.01. The van der Waals surface area contributed by atoms with E-state index in [0.717, 1.165) is 10.9 Å². The monoisotopic (exact) mass is 828 g/mol. The van der Waals surface area contributed by atoms with Gasteiger partial charge in [0.2, 0.25) is 11.8 Å². The summed E-state index contributed by atoms with van der Waals surface area (Å²) in [5, 5.41) is 21.0. The molecule has 0 unspecified atom stereocenters. The van der Waals surface area contributed by atoms with Crippen LogP contribution in [0.1, 0.15) is 69.7 Å². The molecule has 1 aromatic heterocycles. The molecule has 5 N–H and O–H groups in total. The normalized spacial score (nSPS) is 17.3. The number of hydrogen-bond donors (Lipinski definition) is 5. The molecule has 3 heterocycles. The Bertz CT molecular complexity index is 2410. The second-order valence-electron chi connectivity index (χ2n) is 16.1. The third-order valence-corrected chi connectivity index (χ3v) is 10.6. The number of carbonyl (C=O) groups is 6. The molecular weight excluding hydrogens is 781 g/mol. The fourth-order valence-corrected chi connectivity index (χ4v) is 7.79. The van der Waals surface area contributed by atoms with E-state index in [4.69, 9.17) is 9.15 Å². The van der Waals surface area contributed by atoms with Gasteiger partial charge in [-0.05, 0) is 106 Å². The third-order valence-electron chi connectivity index (χ3n) is 10.6. The van der Waals surface area contributed by atoms with Crippen molar-refractivity contribution in [3.63, 3.8) is 0 Å². The van der Waals surface area contributed by atoms with Crippen LogP contribution in [0.3, 0.4) is 0 Å². The fraction of sp³-hybridized carbons (Fsp3) is 0.304. The Balaban J connectivity index is 0.991. The van der Waals surface area contributed by atoms with Crippen LogP contribution < -0.4 is 21.3 Å². The zero-order valence-corrected chi connectivity index (χ0v) is 34.1. The molecule has 2 fully saturated rings. The van der Waals surface area contributed by atoms with Crippen LogP contribution in [0.2, 0.25) is 0 Å². The molecule has 15 nitrogen and oxygen atoms in total. The quantitative estimate of drug-likeness (QED) is 0.0911. The minimum atomic E-state index is -1.34. The summed E-state index contributed by atoms with van der Waals surface area (Å²) < 4.78 is 11.6. The lowest BCUT2D eigenvalue weighted by atomic mass is 10.0. The van der Waals surface area contributed by atoms with Crippen LogP contribution >= 0.6 is 0 Å². The van der Waals surface area contributed by atoms with E-state index in [1.807, 2.05) is 12.1 Å². The molecule has 61 heavy (non-hydrogen) atoms. The van der Waals surface area contributed by atoms with E-state index in [0.29, 0.717) is 72.6 Å². The molecule has 4 aromatic carbocycles. The molecule has 7 rings (SSSR count). The van der Waals surface area contributed by atoms with Gasteiger partial charge in [-0.25, -0.2) is 9.59 Å². The number of carbonyl (C=O) groups excluding carboxylic acids is 5. The van der Waals surface area contributed by atoms with Gasteiger partial charge in [-0.3, -0.25) is 19.2 Å². The number of nitrogens with zero attached hydrogens (tertiary/aromatic N) is 2. The van der Waals surface area contributed by atoms with Gasteiger partial charge in [0.15, 0.2) is 0 Å². The number of furan rings is 1. The number of benzene rings is 4. The van der Waals surface area contributed by atoms with Crippen molar-refractivity contribution in [2.75, 3.05) is 23.7 Å². The fourth-order valence-electron chi connectivity index (χ4n) is 7.79. The van der Waals surface area contributed by atoms with Crippen LogP contribution in [0, 0.1) is 0 Å². The summed E-state index contributed by atoms with van der Waals surface area (Å²) in [7, 11) is 0. The molecular formula is C46H48N6O9. The minimum Gasteiger partial charge on any atom is -0.465 e. The average molecular weight is 829 g/mol. The summed E-state index contributed by atoms with van der Waals surface area (Å²) in [5.74, 6) is -1.08. The van der Waals surface area contributed by atoms with Crippen molar-refractivity contribution in [3.05, 3.63) is 120 Å². The highest BCUT2D eigenvalue weighted by Crippen LogP contribution is 2.32. The summed E-state index contributed by atoms with van der Waals surface area (Å²) in [6.07, 6.45) is 0.0209. The van der Waals surface area contributed by atoms with Crippen LogP contribution in [0.15, 0.2) is 114 Å². The molecule has 0 saturated carbocycles. The lowest BCUT2D eigenvalue weighted by molar-refractivity contribution is -0.138. The molecule has 15 heteroatoms. The Labute approximate surface area is 352 Å². The molecule has 2 aliphatic heterocycles. The van der Waals surface area contributed by atoms with Crippen molar-refractivity contribution in [1.82, 2.24) is 20.4 Å². The smallest absolute Gasteiger partial charge is 0.408 e. The van der Waals surface area contributed by atoms with Crippen molar-refractivity contribution in [2.24, 2.45) is 0 Å². The molecule has 0 spiro atoms. The first-order valence-electron chi connectivity index (χ1n) is 20.2. The van der Waals surface area contributed by atoms with Gasteiger partial charge in [-0.15, -0.1) is 0 Å². The highest BCUT2D eigenvalue weighted by atomic mass is 16.6. The Morgan fingerprint density at radius 1 is 0.672 bits per heavy atom. The molecule has 2 saturated heterocycles.